The van der Waals surface area contributed by atoms with E-state index in [0.717, 1.165) is 9.13 Å². The highest BCUT2D eigenvalue weighted by Crippen LogP contribution is 2.33. The number of halogens is 1. The first-order valence-corrected chi connectivity index (χ1v) is 4.88. The smallest absolute Gasteiger partial charge is 0.116 e. The lowest BCUT2D eigenvalue weighted by molar-refractivity contribution is 0.415. The number of anilines is 2. The van der Waals surface area contributed by atoms with Gasteiger partial charge in [0, 0.05) is 5.56 Å². The fourth-order valence-corrected chi connectivity index (χ4v) is 2.30. The summed E-state index contributed by atoms with van der Waals surface area (Å²) in [5.41, 5.74) is 14.7. The Morgan fingerprint density at radius 2 is 1.85 bits per heavy atom. The number of rotatable bonds is 2. The van der Waals surface area contributed by atoms with Crippen molar-refractivity contribution in [2.75, 3.05) is 11.5 Å². The first kappa shape index (κ1) is 10.6. The Hall–Kier alpha value is -0.470. The highest BCUT2D eigenvalue weighted by Gasteiger charge is 2.27. The number of hydrazine groups is 1. The maximum absolute atomic E-state index is 5.77. The molecule has 1 heterocycles. The number of hydrogen-bond donors (Lipinski definition) is 5. The summed E-state index contributed by atoms with van der Waals surface area (Å²) in [6.45, 7) is 3.88. The van der Waals surface area contributed by atoms with Gasteiger partial charge in [-0.2, -0.15) is 0 Å². The van der Waals surface area contributed by atoms with E-state index in [2.05, 4.69) is 33.0 Å². The molecule has 0 amide bonds. The van der Waals surface area contributed by atoms with E-state index in [1.165, 1.54) is 0 Å². The van der Waals surface area contributed by atoms with Gasteiger partial charge in [-0.3, -0.25) is 11.3 Å². The fraction of sp³-hybridized carbons (Fsp3) is 0.429. The maximum atomic E-state index is 5.77. The van der Waals surface area contributed by atoms with E-state index in [1.54, 1.807) is 0 Å². The van der Waals surface area contributed by atoms with E-state index in [0.29, 0.717) is 11.6 Å². The number of nitrogens with two attached hydrogens (primary N) is 3. The normalized spacial score (nSPS) is 12.0. The third-order valence-corrected chi connectivity index (χ3v) is 3.10. The molecular weight excluding hydrogens is 281 g/mol. The molecule has 1 aromatic heterocycles. The third-order valence-electron chi connectivity index (χ3n) is 1.98. The molecule has 0 bridgehead atoms. The minimum absolute atomic E-state index is 0.380. The van der Waals surface area contributed by atoms with Gasteiger partial charge >= 0.3 is 0 Å². The molecule has 0 aromatic carbocycles. The Kier molecular flexibility index (Phi) is 2.74. The van der Waals surface area contributed by atoms with Crippen LogP contribution in [0.4, 0.5) is 11.6 Å². The molecule has 5 nitrogen and oxygen atoms in total. The monoisotopic (exact) mass is 295 g/mol. The van der Waals surface area contributed by atoms with Gasteiger partial charge in [-0.15, -0.1) is 0 Å². The Morgan fingerprint density at radius 3 is 2.15 bits per heavy atom. The molecule has 0 unspecified atom stereocenters. The molecule has 1 rings (SSSR count). The molecule has 8 N–H and O–H groups in total. The zero-order valence-corrected chi connectivity index (χ0v) is 9.77. The SMILES string of the molecule is CC(C)(NN)c1c(N)[nH]c(N)c1I. The predicted molar refractivity (Wildman–Crippen MR) is 62.7 cm³/mol. The number of H-pyrrole nitrogens is 1. The summed E-state index contributed by atoms with van der Waals surface area (Å²) >= 11 is 2.14. The average molecular weight is 295 g/mol. The molecule has 0 radical (unpaired) electrons. The van der Waals surface area contributed by atoms with Crippen LogP contribution in [0.3, 0.4) is 0 Å². The predicted octanol–water partition coefficient (Wildman–Crippen LogP) is 0.482. The van der Waals surface area contributed by atoms with Crippen molar-refractivity contribution in [2.45, 2.75) is 19.4 Å². The van der Waals surface area contributed by atoms with Crippen LogP contribution >= 0.6 is 22.6 Å². The summed E-state index contributed by atoms with van der Waals surface area (Å²) < 4.78 is 0.915. The second-order valence-corrected chi connectivity index (χ2v) is 4.49. The Balaban J connectivity index is 3.28. The Labute approximate surface area is 90.5 Å². The van der Waals surface area contributed by atoms with Gasteiger partial charge in [-0.1, -0.05) is 0 Å². The van der Waals surface area contributed by atoms with Crippen LogP contribution in [-0.2, 0) is 5.54 Å². The summed E-state index contributed by atoms with van der Waals surface area (Å²) in [6, 6.07) is 0. The van der Waals surface area contributed by atoms with Crippen molar-refractivity contribution in [1.82, 2.24) is 10.4 Å². The lowest BCUT2D eigenvalue weighted by atomic mass is 9.97. The van der Waals surface area contributed by atoms with Crippen LogP contribution in [-0.4, -0.2) is 4.98 Å². The highest BCUT2D eigenvalue weighted by atomic mass is 127. The second kappa shape index (κ2) is 3.35. The van der Waals surface area contributed by atoms with Crippen molar-refractivity contribution in [3.8, 4) is 0 Å². The van der Waals surface area contributed by atoms with Crippen molar-refractivity contribution in [3.05, 3.63) is 9.13 Å². The quantitative estimate of drug-likeness (QED) is 0.311. The fourth-order valence-electron chi connectivity index (χ4n) is 1.20. The van der Waals surface area contributed by atoms with Crippen molar-refractivity contribution >= 4 is 34.2 Å². The van der Waals surface area contributed by atoms with Gasteiger partial charge < -0.3 is 16.5 Å². The number of hydrogen-bond acceptors (Lipinski definition) is 4. The van der Waals surface area contributed by atoms with Crippen LogP contribution in [0.25, 0.3) is 0 Å². The molecular formula is C7H14IN5. The van der Waals surface area contributed by atoms with E-state index in [-0.39, 0.29) is 5.54 Å². The van der Waals surface area contributed by atoms with Crippen LogP contribution in [0.5, 0.6) is 0 Å². The van der Waals surface area contributed by atoms with Crippen molar-refractivity contribution in [3.63, 3.8) is 0 Å². The standard InChI is InChI=1S/C7H14IN5/c1-7(2,13-11)3-4(8)6(10)12-5(3)9/h12-13H,9-11H2,1-2H3. The zero-order chi connectivity index (χ0) is 10.2. The van der Waals surface area contributed by atoms with Gasteiger partial charge in [0.1, 0.15) is 11.6 Å². The third kappa shape index (κ3) is 1.74. The van der Waals surface area contributed by atoms with Crippen molar-refractivity contribution < 1.29 is 0 Å². The molecule has 0 saturated carbocycles. The van der Waals surface area contributed by atoms with Crippen LogP contribution in [0.2, 0.25) is 0 Å². The zero-order valence-electron chi connectivity index (χ0n) is 7.61. The minimum Gasteiger partial charge on any atom is -0.385 e. The molecule has 0 aliphatic carbocycles. The maximum Gasteiger partial charge on any atom is 0.116 e. The molecule has 0 aliphatic heterocycles. The van der Waals surface area contributed by atoms with Crippen LogP contribution in [0.15, 0.2) is 0 Å². The van der Waals surface area contributed by atoms with Gasteiger partial charge in [0.2, 0.25) is 0 Å². The van der Waals surface area contributed by atoms with Gasteiger partial charge in [-0.05, 0) is 36.4 Å². The molecule has 1 aromatic rings. The Morgan fingerprint density at radius 1 is 1.31 bits per heavy atom. The number of nitrogen functional groups attached to an aromatic ring is 2. The lowest BCUT2D eigenvalue weighted by Crippen LogP contribution is -2.42. The molecule has 0 spiro atoms. The van der Waals surface area contributed by atoms with Crippen molar-refractivity contribution in [1.29, 1.82) is 0 Å². The van der Waals surface area contributed by atoms with Gasteiger partial charge in [0.25, 0.3) is 0 Å². The number of nitrogens with one attached hydrogen (secondary N) is 2. The summed E-state index contributed by atoms with van der Waals surface area (Å²) in [6.07, 6.45) is 0. The van der Waals surface area contributed by atoms with Gasteiger partial charge in [-0.25, -0.2) is 0 Å². The van der Waals surface area contributed by atoms with E-state index in [1.807, 2.05) is 13.8 Å². The first-order valence-electron chi connectivity index (χ1n) is 3.81. The van der Waals surface area contributed by atoms with Crippen LogP contribution < -0.4 is 22.7 Å². The Bertz CT molecular complexity index is 317. The first-order chi connectivity index (χ1) is 5.90. The summed E-state index contributed by atoms with van der Waals surface area (Å²) in [7, 11) is 0. The topological polar surface area (TPSA) is 106 Å². The van der Waals surface area contributed by atoms with Gasteiger partial charge in [0.05, 0.1) is 9.11 Å². The molecule has 13 heavy (non-hydrogen) atoms. The molecule has 0 aliphatic rings. The van der Waals surface area contributed by atoms with E-state index in [4.69, 9.17) is 17.3 Å². The van der Waals surface area contributed by atoms with Crippen molar-refractivity contribution in [2.24, 2.45) is 5.84 Å². The number of aromatic amines is 1. The molecule has 74 valence electrons. The summed E-state index contributed by atoms with van der Waals surface area (Å²) in [5.74, 6) is 6.56. The molecule has 0 atom stereocenters. The average Bonchev–Trinajstić information content (AvgIpc) is 2.27. The molecule has 0 saturated heterocycles. The minimum atomic E-state index is -0.380. The lowest BCUT2D eigenvalue weighted by Gasteiger charge is -2.23. The summed E-state index contributed by atoms with van der Waals surface area (Å²) in [4.78, 5) is 2.87. The summed E-state index contributed by atoms with van der Waals surface area (Å²) in [5, 5.41) is 0. The van der Waals surface area contributed by atoms with E-state index in [9.17, 15) is 0 Å². The number of aromatic nitrogens is 1. The van der Waals surface area contributed by atoms with E-state index < -0.39 is 0 Å². The molecule has 6 heteroatoms. The van der Waals surface area contributed by atoms with Crippen LogP contribution in [0.1, 0.15) is 19.4 Å². The highest BCUT2D eigenvalue weighted by molar-refractivity contribution is 14.1. The molecule has 0 fully saturated rings. The van der Waals surface area contributed by atoms with E-state index >= 15 is 0 Å². The second-order valence-electron chi connectivity index (χ2n) is 3.41. The van der Waals surface area contributed by atoms with Crippen LogP contribution in [0, 0.1) is 3.57 Å². The van der Waals surface area contributed by atoms with Gasteiger partial charge in [0.15, 0.2) is 0 Å². The largest absolute Gasteiger partial charge is 0.385 e.